The van der Waals surface area contributed by atoms with Crippen LogP contribution in [-0.4, -0.2) is 37.8 Å². The lowest BCUT2D eigenvalue weighted by atomic mass is 9.73. The van der Waals surface area contributed by atoms with Gasteiger partial charge in [0.05, 0.1) is 18.1 Å². The molecule has 2 aromatic carbocycles. The van der Waals surface area contributed by atoms with Crippen molar-refractivity contribution in [2.45, 2.75) is 51.6 Å². The van der Waals surface area contributed by atoms with Crippen LogP contribution in [-0.2, 0) is 19.7 Å². The summed E-state index contributed by atoms with van der Waals surface area (Å²) in [5, 5.41) is 3.62. The van der Waals surface area contributed by atoms with E-state index in [1.807, 2.05) is 26.0 Å². The molecule has 0 spiro atoms. The Morgan fingerprint density at radius 2 is 1.81 bits per heavy atom. The van der Waals surface area contributed by atoms with Gasteiger partial charge in [-0.2, -0.15) is 0 Å². The third-order valence-electron chi connectivity index (χ3n) is 5.81. The second kappa shape index (κ2) is 10.8. The Morgan fingerprint density at radius 3 is 2.44 bits per heavy atom. The standard InChI is InChI=1S/C25H30ClNO5/c1-4-17(3)32-22-11-10-20(16-21(22)23(28)31-5-2)27-24(29)25(12-14-30-15-13-25)18-6-8-19(26)9-7-18/h6-11,16-17H,4-5,12-15H2,1-3H3,(H,27,29). The number of amides is 1. The van der Waals surface area contributed by atoms with Crippen molar-refractivity contribution in [1.82, 2.24) is 0 Å². The fourth-order valence-electron chi connectivity index (χ4n) is 3.77. The van der Waals surface area contributed by atoms with E-state index in [-0.39, 0.29) is 24.2 Å². The highest BCUT2D eigenvalue weighted by molar-refractivity contribution is 6.30. The molecule has 0 bridgehead atoms. The number of halogens is 1. The summed E-state index contributed by atoms with van der Waals surface area (Å²) in [5.74, 6) is -0.191. The fraction of sp³-hybridized carbons (Fsp3) is 0.440. The van der Waals surface area contributed by atoms with E-state index in [2.05, 4.69) is 5.32 Å². The number of hydrogen-bond donors (Lipinski definition) is 1. The minimum absolute atomic E-state index is 0.0565. The van der Waals surface area contributed by atoms with Gasteiger partial charge >= 0.3 is 5.97 Å². The van der Waals surface area contributed by atoms with Crippen LogP contribution < -0.4 is 10.1 Å². The van der Waals surface area contributed by atoms with E-state index in [0.29, 0.717) is 42.5 Å². The first-order valence-electron chi connectivity index (χ1n) is 11.0. The molecule has 1 aliphatic heterocycles. The number of carbonyl (C=O) groups excluding carboxylic acids is 2. The second-order valence-corrected chi connectivity index (χ2v) is 8.36. The van der Waals surface area contributed by atoms with Gasteiger partial charge in [-0.1, -0.05) is 30.7 Å². The highest BCUT2D eigenvalue weighted by Crippen LogP contribution is 2.37. The van der Waals surface area contributed by atoms with E-state index in [0.717, 1.165) is 12.0 Å². The molecule has 1 heterocycles. The van der Waals surface area contributed by atoms with Crippen molar-refractivity contribution < 1.29 is 23.8 Å². The van der Waals surface area contributed by atoms with Crippen LogP contribution in [0, 0.1) is 0 Å². The lowest BCUT2D eigenvalue weighted by molar-refractivity contribution is -0.125. The molecule has 0 saturated carbocycles. The summed E-state index contributed by atoms with van der Waals surface area (Å²) >= 11 is 6.06. The molecule has 6 nitrogen and oxygen atoms in total. The molecule has 1 unspecified atom stereocenters. The van der Waals surface area contributed by atoms with Crippen LogP contribution in [0.15, 0.2) is 42.5 Å². The summed E-state index contributed by atoms with van der Waals surface area (Å²) in [4.78, 5) is 26.1. The van der Waals surface area contributed by atoms with E-state index in [4.69, 9.17) is 25.8 Å². The first kappa shape index (κ1) is 24.1. The number of benzene rings is 2. The molecule has 3 rings (SSSR count). The van der Waals surface area contributed by atoms with Crippen LogP contribution in [0.4, 0.5) is 5.69 Å². The number of carbonyl (C=O) groups is 2. The summed E-state index contributed by atoms with van der Waals surface area (Å²) in [6, 6.07) is 12.4. The molecule has 1 aliphatic rings. The maximum atomic E-state index is 13.5. The van der Waals surface area contributed by atoms with Crippen LogP contribution in [0.5, 0.6) is 5.75 Å². The molecule has 0 aromatic heterocycles. The van der Waals surface area contributed by atoms with Gasteiger partial charge in [0.15, 0.2) is 0 Å². The molecule has 1 fully saturated rings. The van der Waals surface area contributed by atoms with Gasteiger partial charge < -0.3 is 19.5 Å². The fourth-order valence-corrected chi connectivity index (χ4v) is 3.89. The average Bonchev–Trinajstić information content (AvgIpc) is 2.80. The normalized spacial score (nSPS) is 16.1. The van der Waals surface area contributed by atoms with Gasteiger partial charge in [0.2, 0.25) is 5.91 Å². The predicted molar refractivity (Wildman–Crippen MR) is 125 cm³/mol. The zero-order valence-electron chi connectivity index (χ0n) is 18.8. The third kappa shape index (κ3) is 5.43. The highest BCUT2D eigenvalue weighted by atomic mass is 35.5. The molecule has 32 heavy (non-hydrogen) atoms. The Morgan fingerprint density at radius 1 is 1.12 bits per heavy atom. The lowest BCUT2D eigenvalue weighted by Gasteiger charge is -2.36. The number of nitrogens with one attached hydrogen (secondary N) is 1. The largest absolute Gasteiger partial charge is 0.490 e. The Balaban J connectivity index is 1.91. The van der Waals surface area contributed by atoms with Gasteiger partial charge in [0, 0.05) is 23.9 Å². The van der Waals surface area contributed by atoms with E-state index in [1.54, 1.807) is 37.3 Å². The number of rotatable bonds is 8. The van der Waals surface area contributed by atoms with Crippen molar-refractivity contribution in [3.63, 3.8) is 0 Å². The lowest BCUT2D eigenvalue weighted by Crippen LogP contribution is -2.44. The van der Waals surface area contributed by atoms with E-state index in [1.165, 1.54) is 0 Å². The Bertz CT molecular complexity index is 938. The zero-order valence-corrected chi connectivity index (χ0v) is 19.5. The van der Waals surface area contributed by atoms with Gasteiger partial charge in [0.1, 0.15) is 11.3 Å². The van der Waals surface area contributed by atoms with Crippen molar-refractivity contribution in [3.8, 4) is 5.75 Å². The smallest absolute Gasteiger partial charge is 0.341 e. The van der Waals surface area contributed by atoms with Gasteiger partial charge in [0.25, 0.3) is 0 Å². The number of esters is 1. The first-order chi connectivity index (χ1) is 15.4. The van der Waals surface area contributed by atoms with Gasteiger partial charge in [-0.15, -0.1) is 0 Å². The molecule has 1 saturated heterocycles. The number of hydrogen-bond acceptors (Lipinski definition) is 5. The van der Waals surface area contributed by atoms with Crippen molar-refractivity contribution in [2.24, 2.45) is 0 Å². The first-order valence-corrected chi connectivity index (χ1v) is 11.4. The average molecular weight is 460 g/mol. The van der Waals surface area contributed by atoms with Gasteiger partial charge in [-0.3, -0.25) is 4.79 Å². The van der Waals surface area contributed by atoms with E-state index < -0.39 is 11.4 Å². The topological polar surface area (TPSA) is 73.9 Å². The highest BCUT2D eigenvalue weighted by Gasteiger charge is 2.41. The van der Waals surface area contributed by atoms with E-state index >= 15 is 0 Å². The Labute approximate surface area is 194 Å². The van der Waals surface area contributed by atoms with Crippen molar-refractivity contribution in [3.05, 3.63) is 58.6 Å². The Hall–Kier alpha value is -2.57. The zero-order chi connectivity index (χ0) is 23.1. The monoisotopic (exact) mass is 459 g/mol. The summed E-state index contributed by atoms with van der Waals surface area (Å²) in [6.07, 6.45) is 1.85. The maximum Gasteiger partial charge on any atom is 0.341 e. The predicted octanol–water partition coefficient (Wildman–Crippen LogP) is 5.38. The summed E-state index contributed by atoms with van der Waals surface area (Å²) in [5.41, 5.74) is 0.954. The second-order valence-electron chi connectivity index (χ2n) is 7.92. The third-order valence-corrected chi connectivity index (χ3v) is 6.07. The molecule has 1 amide bonds. The van der Waals surface area contributed by atoms with Crippen LogP contribution in [0.3, 0.4) is 0 Å². The van der Waals surface area contributed by atoms with Crippen molar-refractivity contribution >= 4 is 29.2 Å². The number of ether oxygens (including phenoxy) is 3. The maximum absolute atomic E-state index is 13.5. The molecular weight excluding hydrogens is 430 g/mol. The minimum atomic E-state index is -0.737. The summed E-state index contributed by atoms with van der Waals surface area (Å²) in [7, 11) is 0. The molecule has 0 radical (unpaired) electrons. The quantitative estimate of drug-likeness (QED) is 0.536. The SMILES string of the molecule is CCOC(=O)c1cc(NC(=O)C2(c3ccc(Cl)cc3)CCOCC2)ccc1OC(C)CC. The van der Waals surface area contributed by atoms with E-state index in [9.17, 15) is 9.59 Å². The van der Waals surface area contributed by atoms with Gasteiger partial charge in [-0.05, 0) is 69.0 Å². The molecule has 0 aliphatic carbocycles. The minimum Gasteiger partial charge on any atom is -0.490 e. The summed E-state index contributed by atoms with van der Waals surface area (Å²) < 4.78 is 16.6. The Kier molecular flexibility index (Phi) is 8.15. The van der Waals surface area contributed by atoms with Crippen LogP contribution in [0.2, 0.25) is 5.02 Å². The summed E-state index contributed by atoms with van der Waals surface area (Å²) in [6.45, 7) is 6.92. The van der Waals surface area contributed by atoms with Crippen molar-refractivity contribution in [2.75, 3.05) is 25.1 Å². The molecular formula is C25H30ClNO5. The molecule has 172 valence electrons. The van der Waals surface area contributed by atoms with Crippen LogP contribution in [0.25, 0.3) is 0 Å². The molecule has 1 atom stereocenters. The molecule has 7 heteroatoms. The van der Waals surface area contributed by atoms with Crippen LogP contribution in [0.1, 0.15) is 56.0 Å². The number of anilines is 1. The molecule has 2 aromatic rings. The van der Waals surface area contributed by atoms with Crippen molar-refractivity contribution in [1.29, 1.82) is 0 Å². The molecule has 1 N–H and O–H groups in total. The van der Waals surface area contributed by atoms with Crippen LogP contribution >= 0.6 is 11.6 Å². The van der Waals surface area contributed by atoms with Gasteiger partial charge in [-0.25, -0.2) is 4.79 Å².